The van der Waals surface area contributed by atoms with Gasteiger partial charge < -0.3 is 19.2 Å². The van der Waals surface area contributed by atoms with Gasteiger partial charge in [-0.05, 0) is 55.6 Å². The zero-order valence-electron chi connectivity index (χ0n) is 14.8. The monoisotopic (exact) mass is 356 g/mol. The number of hydrogen-bond donors (Lipinski definition) is 1. The highest BCUT2D eigenvalue weighted by atomic mass is 16.7. The molecule has 2 aliphatic heterocycles. The predicted molar refractivity (Wildman–Crippen MR) is 96.0 cm³/mol. The molecule has 0 unspecified atom stereocenters. The summed E-state index contributed by atoms with van der Waals surface area (Å²) in [5, 5.41) is 3.09. The Hall–Kier alpha value is -2.47. The van der Waals surface area contributed by atoms with Crippen LogP contribution in [0.2, 0.25) is 0 Å². The molecule has 0 radical (unpaired) electrons. The first kappa shape index (κ1) is 17.0. The van der Waals surface area contributed by atoms with E-state index in [1.807, 2.05) is 30.3 Å². The molecule has 1 amide bonds. The highest BCUT2D eigenvalue weighted by Gasteiger charge is 2.26. The Bertz CT molecular complexity index is 744. The summed E-state index contributed by atoms with van der Waals surface area (Å²) in [6.45, 7) is 3.49. The van der Waals surface area contributed by atoms with Gasteiger partial charge in [0.05, 0.1) is 18.7 Å². The Kier molecular flexibility index (Phi) is 5.11. The van der Waals surface area contributed by atoms with Crippen molar-refractivity contribution in [3.8, 4) is 11.5 Å². The van der Waals surface area contributed by atoms with E-state index in [2.05, 4.69) is 10.2 Å². The van der Waals surface area contributed by atoms with E-state index in [0.29, 0.717) is 6.54 Å². The summed E-state index contributed by atoms with van der Waals surface area (Å²) in [5.74, 6) is 2.73. The first-order chi connectivity index (χ1) is 12.8. The maximum absolute atomic E-state index is 12.5. The van der Waals surface area contributed by atoms with Crippen LogP contribution in [-0.2, 0) is 17.8 Å². The van der Waals surface area contributed by atoms with Crippen molar-refractivity contribution in [1.82, 2.24) is 10.2 Å². The van der Waals surface area contributed by atoms with Crippen LogP contribution < -0.4 is 14.8 Å². The van der Waals surface area contributed by atoms with Crippen LogP contribution in [0, 0.1) is 5.92 Å². The first-order valence-corrected chi connectivity index (χ1v) is 9.19. The predicted octanol–water partition coefficient (Wildman–Crippen LogP) is 2.58. The number of hydrogen-bond acceptors (Lipinski definition) is 5. The maximum Gasteiger partial charge on any atom is 0.231 e. The summed E-state index contributed by atoms with van der Waals surface area (Å²) in [7, 11) is 0. The number of carbonyl (C=O) groups is 1. The van der Waals surface area contributed by atoms with Gasteiger partial charge in [-0.2, -0.15) is 0 Å². The number of fused-ring (bicyclic) bond motifs is 1. The summed E-state index contributed by atoms with van der Waals surface area (Å²) in [5.41, 5.74) is 1.14. The van der Waals surface area contributed by atoms with Gasteiger partial charge in [-0.1, -0.05) is 6.07 Å². The van der Waals surface area contributed by atoms with E-state index in [-0.39, 0.29) is 18.6 Å². The molecule has 0 bridgehead atoms. The van der Waals surface area contributed by atoms with Crippen molar-refractivity contribution in [2.24, 2.45) is 5.92 Å². The average Bonchev–Trinajstić information content (AvgIpc) is 3.33. The first-order valence-electron chi connectivity index (χ1n) is 9.19. The normalized spacial score (nSPS) is 19.5. The van der Waals surface area contributed by atoms with Crippen LogP contribution >= 0.6 is 0 Å². The molecule has 1 aromatic carbocycles. The van der Waals surface area contributed by atoms with E-state index in [1.54, 1.807) is 6.26 Å². The Morgan fingerprint density at radius 2 is 2.15 bits per heavy atom. The second kappa shape index (κ2) is 7.83. The molecule has 0 spiro atoms. The minimum atomic E-state index is 0.0514. The number of rotatable bonds is 6. The molecule has 4 rings (SSSR count). The molecule has 2 aliphatic rings. The number of carbonyl (C=O) groups excluding carboxylic acids is 1. The zero-order valence-corrected chi connectivity index (χ0v) is 14.8. The fourth-order valence-corrected chi connectivity index (χ4v) is 3.61. The number of furan rings is 1. The van der Waals surface area contributed by atoms with E-state index >= 15 is 0 Å². The molecule has 2 aromatic rings. The smallest absolute Gasteiger partial charge is 0.231 e. The third-order valence-corrected chi connectivity index (χ3v) is 4.99. The number of nitrogens with one attached hydrogen (secondary N) is 1. The highest BCUT2D eigenvalue weighted by molar-refractivity contribution is 5.79. The third-order valence-electron chi connectivity index (χ3n) is 4.99. The Morgan fingerprint density at radius 1 is 1.23 bits per heavy atom. The summed E-state index contributed by atoms with van der Waals surface area (Å²) >= 11 is 0. The number of amides is 1. The van der Waals surface area contributed by atoms with Crippen molar-refractivity contribution < 1.29 is 18.7 Å². The number of benzene rings is 1. The molecule has 0 aliphatic carbocycles. The Morgan fingerprint density at radius 3 is 3.04 bits per heavy atom. The molecule has 1 aromatic heterocycles. The Labute approximate surface area is 153 Å². The maximum atomic E-state index is 12.5. The lowest BCUT2D eigenvalue weighted by atomic mass is 9.97. The third kappa shape index (κ3) is 4.02. The molecular formula is C20H24N2O4. The van der Waals surface area contributed by atoms with Gasteiger partial charge in [-0.15, -0.1) is 0 Å². The van der Waals surface area contributed by atoms with E-state index in [0.717, 1.165) is 61.7 Å². The van der Waals surface area contributed by atoms with E-state index in [1.165, 1.54) is 0 Å². The van der Waals surface area contributed by atoms with Crippen LogP contribution in [0.5, 0.6) is 11.5 Å². The molecule has 1 atom stereocenters. The molecule has 0 saturated carbocycles. The van der Waals surface area contributed by atoms with Crippen molar-refractivity contribution in [3.63, 3.8) is 0 Å². The summed E-state index contributed by atoms with van der Waals surface area (Å²) in [6.07, 6.45) is 4.47. The second-order valence-electron chi connectivity index (χ2n) is 6.88. The largest absolute Gasteiger partial charge is 0.468 e. The molecule has 1 fully saturated rings. The zero-order chi connectivity index (χ0) is 17.8. The van der Waals surface area contributed by atoms with Gasteiger partial charge in [0.2, 0.25) is 12.7 Å². The van der Waals surface area contributed by atoms with Crippen LogP contribution in [0.4, 0.5) is 0 Å². The fraction of sp³-hybridized carbons (Fsp3) is 0.450. The van der Waals surface area contributed by atoms with Crippen LogP contribution in [0.25, 0.3) is 0 Å². The summed E-state index contributed by atoms with van der Waals surface area (Å²) in [4.78, 5) is 14.8. The lowest BCUT2D eigenvalue weighted by Gasteiger charge is -2.31. The number of ether oxygens (including phenoxy) is 2. The van der Waals surface area contributed by atoms with Crippen molar-refractivity contribution in [2.75, 3.05) is 26.4 Å². The van der Waals surface area contributed by atoms with Crippen molar-refractivity contribution >= 4 is 5.91 Å². The number of nitrogens with zero attached hydrogens (tertiary/aromatic N) is 1. The lowest BCUT2D eigenvalue weighted by molar-refractivity contribution is -0.126. The topological polar surface area (TPSA) is 63.9 Å². The molecule has 138 valence electrons. The molecular weight excluding hydrogens is 332 g/mol. The Balaban J connectivity index is 1.24. The van der Waals surface area contributed by atoms with Gasteiger partial charge in [0.25, 0.3) is 0 Å². The summed E-state index contributed by atoms with van der Waals surface area (Å²) in [6, 6.07) is 9.81. The SMILES string of the molecule is O=C(NCCc1ccc2c(c1)OCO2)[C@@H]1CCCN(Cc2ccco2)C1. The molecule has 26 heavy (non-hydrogen) atoms. The van der Waals surface area contributed by atoms with Gasteiger partial charge in [0, 0.05) is 13.1 Å². The molecule has 3 heterocycles. The molecule has 6 heteroatoms. The van der Waals surface area contributed by atoms with E-state index in [9.17, 15) is 4.79 Å². The van der Waals surface area contributed by atoms with E-state index in [4.69, 9.17) is 13.9 Å². The second-order valence-corrected chi connectivity index (χ2v) is 6.88. The van der Waals surface area contributed by atoms with Crippen LogP contribution in [0.15, 0.2) is 41.0 Å². The highest BCUT2D eigenvalue weighted by Crippen LogP contribution is 2.32. The van der Waals surface area contributed by atoms with Crippen molar-refractivity contribution in [2.45, 2.75) is 25.8 Å². The summed E-state index contributed by atoms with van der Waals surface area (Å²) < 4.78 is 16.1. The van der Waals surface area contributed by atoms with Crippen LogP contribution in [0.1, 0.15) is 24.2 Å². The van der Waals surface area contributed by atoms with Crippen LogP contribution in [-0.4, -0.2) is 37.2 Å². The van der Waals surface area contributed by atoms with Gasteiger partial charge >= 0.3 is 0 Å². The van der Waals surface area contributed by atoms with Gasteiger partial charge in [0.15, 0.2) is 11.5 Å². The van der Waals surface area contributed by atoms with Gasteiger partial charge in [-0.3, -0.25) is 9.69 Å². The average molecular weight is 356 g/mol. The van der Waals surface area contributed by atoms with Crippen molar-refractivity contribution in [1.29, 1.82) is 0 Å². The lowest BCUT2D eigenvalue weighted by Crippen LogP contribution is -2.43. The van der Waals surface area contributed by atoms with Crippen molar-refractivity contribution in [3.05, 3.63) is 47.9 Å². The van der Waals surface area contributed by atoms with Gasteiger partial charge in [0.1, 0.15) is 5.76 Å². The molecule has 1 N–H and O–H groups in total. The number of likely N-dealkylation sites (tertiary alicyclic amines) is 1. The quantitative estimate of drug-likeness (QED) is 0.862. The number of piperidine rings is 1. The van der Waals surface area contributed by atoms with E-state index < -0.39 is 0 Å². The minimum Gasteiger partial charge on any atom is -0.468 e. The van der Waals surface area contributed by atoms with Gasteiger partial charge in [-0.25, -0.2) is 0 Å². The van der Waals surface area contributed by atoms with Crippen LogP contribution in [0.3, 0.4) is 0 Å². The fourth-order valence-electron chi connectivity index (χ4n) is 3.61. The molecule has 1 saturated heterocycles. The molecule has 6 nitrogen and oxygen atoms in total. The standard InChI is InChI=1S/C20H24N2O4/c23-20(16-3-1-9-22(12-16)13-17-4-2-10-24-17)21-8-7-15-5-6-18-19(11-15)26-14-25-18/h2,4-6,10-11,16H,1,3,7-9,12-14H2,(H,21,23)/t16-/m1/s1. The minimum absolute atomic E-state index is 0.0514.